The van der Waals surface area contributed by atoms with E-state index in [1.807, 2.05) is 47.9 Å². The molecule has 1 amide bonds. The number of rotatable bonds is 3. The fraction of sp³-hybridized carbons (Fsp3) is 0.278. The number of hydrogen-bond acceptors (Lipinski definition) is 5. The number of amides is 1. The maximum atomic E-state index is 12.4. The van der Waals surface area contributed by atoms with Crippen molar-refractivity contribution in [1.82, 2.24) is 19.9 Å². The highest BCUT2D eigenvalue weighted by Gasteiger charge is 2.28. The minimum absolute atomic E-state index is 0.116. The molecule has 25 heavy (non-hydrogen) atoms. The lowest BCUT2D eigenvalue weighted by Gasteiger charge is -2.29. The van der Waals surface area contributed by atoms with Crippen molar-refractivity contribution >= 4 is 22.6 Å². The van der Waals surface area contributed by atoms with E-state index in [9.17, 15) is 4.79 Å². The number of morpholine rings is 1. The number of hydrogen-bond donors (Lipinski definition) is 2. The Kier molecular flexibility index (Phi) is 4.17. The molecule has 0 radical (unpaired) electrons. The van der Waals surface area contributed by atoms with E-state index in [1.165, 1.54) is 0 Å². The predicted octanol–water partition coefficient (Wildman–Crippen LogP) is 1.74. The van der Waals surface area contributed by atoms with Crippen LogP contribution < -0.4 is 10.6 Å². The topological polar surface area (TPSA) is 81.1 Å². The highest BCUT2D eigenvalue weighted by molar-refractivity contribution is 5.95. The Morgan fingerprint density at radius 1 is 1.28 bits per heavy atom. The summed E-state index contributed by atoms with van der Waals surface area (Å²) in [5, 5.41) is 6.06. The summed E-state index contributed by atoms with van der Waals surface area (Å²) in [5.41, 5.74) is 2.56. The third-order valence-corrected chi connectivity index (χ3v) is 4.31. The van der Waals surface area contributed by atoms with E-state index < -0.39 is 0 Å². The summed E-state index contributed by atoms with van der Waals surface area (Å²) in [6.45, 7) is 3.19. The van der Waals surface area contributed by atoms with E-state index >= 15 is 0 Å². The molecule has 3 heterocycles. The zero-order valence-electron chi connectivity index (χ0n) is 13.8. The number of ether oxygens (including phenoxy) is 1. The molecule has 4 rings (SSSR count). The third kappa shape index (κ3) is 3.11. The van der Waals surface area contributed by atoms with Crippen LogP contribution in [0.4, 0.5) is 5.69 Å². The molecular formula is C18H19N5O2. The van der Waals surface area contributed by atoms with Crippen molar-refractivity contribution in [3.8, 4) is 5.82 Å². The van der Waals surface area contributed by atoms with Gasteiger partial charge in [0, 0.05) is 6.54 Å². The Hall–Kier alpha value is -2.77. The third-order valence-electron chi connectivity index (χ3n) is 4.31. The van der Waals surface area contributed by atoms with Gasteiger partial charge in [0.2, 0.25) is 5.91 Å². The van der Waals surface area contributed by atoms with Crippen LogP contribution in [-0.4, -0.2) is 45.7 Å². The number of anilines is 1. The van der Waals surface area contributed by atoms with Crippen LogP contribution in [0.2, 0.25) is 0 Å². The molecule has 0 unspecified atom stereocenters. The molecule has 1 aliphatic rings. The Labute approximate surface area is 145 Å². The molecule has 7 nitrogen and oxygen atoms in total. The first kappa shape index (κ1) is 15.7. The van der Waals surface area contributed by atoms with Crippen LogP contribution in [0.1, 0.15) is 6.92 Å². The number of nitrogens with zero attached hydrogens (tertiary/aromatic N) is 3. The highest BCUT2D eigenvalue weighted by Crippen LogP contribution is 2.18. The van der Waals surface area contributed by atoms with Crippen molar-refractivity contribution in [3.63, 3.8) is 0 Å². The predicted molar refractivity (Wildman–Crippen MR) is 94.7 cm³/mol. The van der Waals surface area contributed by atoms with E-state index in [-0.39, 0.29) is 18.1 Å². The molecule has 1 aliphatic heterocycles. The fourth-order valence-corrected chi connectivity index (χ4v) is 2.99. The van der Waals surface area contributed by atoms with Gasteiger partial charge in [-0.05, 0) is 31.2 Å². The van der Waals surface area contributed by atoms with Gasteiger partial charge in [0.1, 0.15) is 18.2 Å². The van der Waals surface area contributed by atoms with Crippen molar-refractivity contribution in [1.29, 1.82) is 0 Å². The van der Waals surface area contributed by atoms with Crippen molar-refractivity contribution < 1.29 is 9.53 Å². The zero-order chi connectivity index (χ0) is 17.2. The van der Waals surface area contributed by atoms with Crippen LogP contribution in [-0.2, 0) is 9.53 Å². The van der Waals surface area contributed by atoms with Crippen LogP contribution in [0.15, 0.2) is 48.9 Å². The van der Waals surface area contributed by atoms with Gasteiger partial charge in [-0.1, -0.05) is 12.1 Å². The molecular weight excluding hydrogens is 318 g/mol. The summed E-state index contributed by atoms with van der Waals surface area (Å²) in [6.07, 6.45) is 3.24. The van der Waals surface area contributed by atoms with Crippen molar-refractivity contribution in [3.05, 3.63) is 48.9 Å². The molecule has 2 atom stereocenters. The van der Waals surface area contributed by atoms with Crippen molar-refractivity contribution in [2.24, 2.45) is 0 Å². The standard InChI is InChI=1S/C18H19N5O2/c1-12-17(19-8-9-25-12)18(24)22-13-6-7-16(20-10-13)23-11-21-14-4-2-3-5-15(14)23/h2-7,10-12,17,19H,8-9H2,1H3,(H,22,24)/t12-,17+/m1/s1. The molecule has 0 bridgehead atoms. The van der Waals surface area contributed by atoms with E-state index in [1.54, 1.807) is 12.5 Å². The summed E-state index contributed by atoms with van der Waals surface area (Å²) < 4.78 is 7.43. The smallest absolute Gasteiger partial charge is 0.244 e. The van der Waals surface area contributed by atoms with Crippen LogP contribution in [0, 0.1) is 0 Å². The zero-order valence-corrected chi connectivity index (χ0v) is 13.8. The average molecular weight is 337 g/mol. The molecule has 1 aromatic carbocycles. The van der Waals surface area contributed by atoms with Crippen molar-refractivity contribution in [2.75, 3.05) is 18.5 Å². The van der Waals surface area contributed by atoms with Crippen LogP contribution in [0.25, 0.3) is 16.9 Å². The molecule has 1 saturated heterocycles. The Bertz CT molecular complexity index is 890. The number of fused-ring (bicyclic) bond motifs is 1. The van der Waals surface area contributed by atoms with Gasteiger partial charge in [0.15, 0.2) is 0 Å². The van der Waals surface area contributed by atoms with Crippen molar-refractivity contribution in [2.45, 2.75) is 19.1 Å². The first-order valence-electron chi connectivity index (χ1n) is 8.27. The normalized spacial score (nSPS) is 20.5. The monoisotopic (exact) mass is 337 g/mol. The van der Waals surface area contributed by atoms with E-state index in [0.717, 1.165) is 16.9 Å². The molecule has 0 aliphatic carbocycles. The average Bonchev–Trinajstić information content (AvgIpc) is 3.07. The van der Waals surface area contributed by atoms with Gasteiger partial charge >= 0.3 is 0 Å². The molecule has 2 N–H and O–H groups in total. The molecule has 2 aromatic heterocycles. The number of pyridine rings is 1. The van der Waals surface area contributed by atoms with Gasteiger partial charge in [-0.15, -0.1) is 0 Å². The maximum Gasteiger partial charge on any atom is 0.244 e. The summed E-state index contributed by atoms with van der Waals surface area (Å²) >= 11 is 0. The lowest BCUT2D eigenvalue weighted by Crippen LogP contribution is -2.53. The number of benzene rings is 1. The number of aromatic nitrogens is 3. The minimum Gasteiger partial charge on any atom is -0.375 e. The minimum atomic E-state index is -0.356. The summed E-state index contributed by atoms with van der Waals surface area (Å²) in [4.78, 5) is 21.2. The van der Waals surface area contributed by atoms with Gasteiger partial charge in [0.25, 0.3) is 0 Å². The van der Waals surface area contributed by atoms with Gasteiger partial charge in [-0.2, -0.15) is 0 Å². The van der Waals surface area contributed by atoms with E-state index in [0.29, 0.717) is 18.8 Å². The second kappa shape index (κ2) is 6.62. The van der Waals surface area contributed by atoms with Gasteiger partial charge in [-0.3, -0.25) is 9.36 Å². The lowest BCUT2D eigenvalue weighted by molar-refractivity contribution is -0.123. The quantitative estimate of drug-likeness (QED) is 0.761. The first-order valence-corrected chi connectivity index (χ1v) is 8.27. The number of imidazole rings is 1. The SMILES string of the molecule is C[C@H]1OCCN[C@@H]1C(=O)Nc1ccc(-n2cnc3ccccc32)nc1. The van der Waals surface area contributed by atoms with E-state index in [2.05, 4.69) is 20.6 Å². The molecule has 0 saturated carbocycles. The number of para-hydroxylation sites is 2. The second-order valence-electron chi connectivity index (χ2n) is 6.01. The highest BCUT2D eigenvalue weighted by atomic mass is 16.5. The van der Waals surface area contributed by atoms with Gasteiger partial charge in [0.05, 0.1) is 35.6 Å². The first-order chi connectivity index (χ1) is 12.2. The molecule has 128 valence electrons. The number of carbonyl (C=O) groups excluding carboxylic acids is 1. The van der Waals surface area contributed by atoms with Crippen LogP contribution >= 0.6 is 0 Å². The van der Waals surface area contributed by atoms with E-state index in [4.69, 9.17) is 4.74 Å². The van der Waals surface area contributed by atoms with Gasteiger partial charge < -0.3 is 15.4 Å². The molecule has 1 fully saturated rings. The second-order valence-corrected chi connectivity index (χ2v) is 6.01. The Morgan fingerprint density at radius 3 is 2.96 bits per heavy atom. The Balaban J connectivity index is 1.51. The van der Waals surface area contributed by atoms with Gasteiger partial charge in [-0.25, -0.2) is 9.97 Å². The molecule has 7 heteroatoms. The van der Waals surface area contributed by atoms with Crippen LogP contribution in [0.5, 0.6) is 0 Å². The van der Waals surface area contributed by atoms with Crippen LogP contribution in [0.3, 0.4) is 0 Å². The summed E-state index contributed by atoms with van der Waals surface area (Å²) in [7, 11) is 0. The summed E-state index contributed by atoms with van der Waals surface area (Å²) in [6, 6.07) is 11.2. The molecule has 3 aromatic rings. The number of carbonyl (C=O) groups is 1. The largest absolute Gasteiger partial charge is 0.375 e. The fourth-order valence-electron chi connectivity index (χ4n) is 2.99. The molecule has 0 spiro atoms. The maximum absolute atomic E-state index is 12.4. The summed E-state index contributed by atoms with van der Waals surface area (Å²) in [5.74, 6) is 0.633. The Morgan fingerprint density at radius 2 is 2.16 bits per heavy atom. The number of nitrogens with one attached hydrogen (secondary N) is 2. The lowest BCUT2D eigenvalue weighted by atomic mass is 10.1.